The van der Waals surface area contributed by atoms with Crippen LogP contribution in [0.5, 0.6) is 0 Å². The summed E-state index contributed by atoms with van der Waals surface area (Å²) in [7, 11) is -2.79. The van der Waals surface area contributed by atoms with Crippen LogP contribution in [0.2, 0.25) is 0 Å². The molecular formula is C73H52N2Si. The predicted molar refractivity (Wildman–Crippen MR) is 325 cm³/mol. The van der Waals surface area contributed by atoms with E-state index in [0.29, 0.717) is 0 Å². The molecule has 0 saturated heterocycles. The Balaban J connectivity index is 0.980. The minimum atomic E-state index is -2.79. The van der Waals surface area contributed by atoms with Gasteiger partial charge in [-0.2, -0.15) is 0 Å². The first-order valence-electron chi connectivity index (χ1n) is 26.4. The number of fused-ring (bicyclic) bond motifs is 6. The van der Waals surface area contributed by atoms with Gasteiger partial charge < -0.3 is 9.13 Å². The second-order valence-electron chi connectivity index (χ2n) is 20.0. The summed E-state index contributed by atoms with van der Waals surface area (Å²) >= 11 is 0. The SMILES string of the molecule is c1ccc(-c2cccc(-c3cccc(-c4ccccc4)c3-n3c4ccccc4c4cc(-n5c6ccccc6c6c(C[Si](c7ccccc7)(c7ccccc7)c7cccc(-c8ccccc8)c7)cccc65)ccc43)c2)cc1. The van der Waals surface area contributed by atoms with E-state index in [4.69, 9.17) is 0 Å². The molecule has 0 N–H and O–H groups in total. The van der Waals surface area contributed by atoms with Gasteiger partial charge in [0.1, 0.15) is 0 Å². The molecule has 2 aromatic heterocycles. The van der Waals surface area contributed by atoms with E-state index < -0.39 is 8.07 Å². The third-order valence-electron chi connectivity index (χ3n) is 15.8. The number of para-hydroxylation sites is 3. The highest BCUT2D eigenvalue weighted by Gasteiger charge is 2.40. The van der Waals surface area contributed by atoms with E-state index in [1.165, 1.54) is 104 Å². The molecule has 0 spiro atoms. The van der Waals surface area contributed by atoms with Gasteiger partial charge in [0.2, 0.25) is 0 Å². The molecule has 0 fully saturated rings. The molecule has 0 unspecified atom stereocenters. The van der Waals surface area contributed by atoms with Crippen molar-refractivity contribution >= 4 is 67.2 Å². The molecular weight excluding hydrogens is 933 g/mol. The zero-order chi connectivity index (χ0) is 50.4. The van der Waals surface area contributed by atoms with E-state index in [1.54, 1.807) is 0 Å². The van der Waals surface area contributed by atoms with Crippen LogP contribution in [0.1, 0.15) is 5.56 Å². The predicted octanol–water partition coefficient (Wildman–Crippen LogP) is 16.8. The fraction of sp³-hybridized carbons (Fsp3) is 0.0137. The monoisotopic (exact) mass is 984 g/mol. The molecule has 0 saturated carbocycles. The highest BCUT2D eigenvalue weighted by Crippen LogP contribution is 2.44. The van der Waals surface area contributed by atoms with Crippen LogP contribution >= 0.6 is 0 Å². The molecule has 2 nitrogen and oxygen atoms in total. The molecule has 3 heteroatoms. The minimum absolute atomic E-state index is 0.883. The van der Waals surface area contributed by atoms with E-state index >= 15 is 0 Å². The van der Waals surface area contributed by atoms with E-state index in [1.807, 2.05) is 0 Å². The molecule has 2 heterocycles. The largest absolute Gasteiger partial charge is 0.309 e. The fourth-order valence-electron chi connectivity index (χ4n) is 12.4. The topological polar surface area (TPSA) is 9.86 Å². The maximum absolute atomic E-state index is 2.79. The number of hydrogen-bond donors (Lipinski definition) is 0. The van der Waals surface area contributed by atoms with Crippen LogP contribution in [0, 0.1) is 0 Å². The molecule has 0 aliphatic carbocycles. The highest BCUT2D eigenvalue weighted by molar-refractivity contribution is 7.11. The lowest BCUT2D eigenvalue weighted by Crippen LogP contribution is -2.69. The van der Waals surface area contributed by atoms with Gasteiger partial charge in [0.05, 0.1) is 27.8 Å². The van der Waals surface area contributed by atoms with Crippen molar-refractivity contribution in [3.63, 3.8) is 0 Å². The smallest absolute Gasteiger partial charge is 0.152 e. The number of benzene rings is 12. The average Bonchev–Trinajstić information content (AvgIpc) is 4.04. The van der Waals surface area contributed by atoms with Crippen molar-refractivity contribution in [3.8, 4) is 55.9 Å². The standard InChI is InChI=1S/C73H52N2Si/c1-6-24-52(25-7-1)55-30-20-32-57(48-55)64-42-23-41-63(54-28-10-3-11-29-54)73(64)75-68-43-18-16-39-65(68)67-50-59(46-47-70(67)75)74-69-44-19-17-40-66(69)72-58(33-22-45-71(72)74)51-76(60-34-12-4-13-35-60,61-36-14-5-15-37-61)62-38-21-31-56(49-62)53-26-8-2-9-27-53/h1-50H,51H2. The summed E-state index contributed by atoms with van der Waals surface area (Å²) < 4.78 is 5.04. The zero-order valence-corrected chi connectivity index (χ0v) is 43.0. The van der Waals surface area contributed by atoms with Crippen LogP contribution in [0.25, 0.3) is 99.5 Å². The lowest BCUT2D eigenvalue weighted by molar-refractivity contribution is 1.17. The van der Waals surface area contributed by atoms with Gasteiger partial charge in [0.15, 0.2) is 8.07 Å². The van der Waals surface area contributed by atoms with Gasteiger partial charge in [0, 0.05) is 38.4 Å². The van der Waals surface area contributed by atoms with Gasteiger partial charge in [-0.3, -0.25) is 0 Å². The molecule has 14 aromatic rings. The van der Waals surface area contributed by atoms with Gasteiger partial charge in [-0.1, -0.05) is 261 Å². The van der Waals surface area contributed by atoms with Crippen molar-refractivity contribution in [1.82, 2.24) is 9.13 Å². The molecule has 0 amide bonds. The maximum atomic E-state index is 2.52. The Kier molecular flexibility index (Phi) is 11.3. The van der Waals surface area contributed by atoms with Gasteiger partial charge in [-0.05, 0) is 103 Å². The molecule has 0 aliphatic heterocycles. The van der Waals surface area contributed by atoms with Crippen molar-refractivity contribution in [2.45, 2.75) is 6.04 Å². The van der Waals surface area contributed by atoms with Crippen LogP contribution in [0.3, 0.4) is 0 Å². The molecule has 76 heavy (non-hydrogen) atoms. The molecule has 0 atom stereocenters. The summed E-state index contributed by atoms with van der Waals surface area (Å²) in [5.41, 5.74) is 18.0. The summed E-state index contributed by atoms with van der Waals surface area (Å²) in [5, 5.41) is 9.19. The van der Waals surface area contributed by atoms with E-state index in [0.717, 1.165) is 22.9 Å². The Morgan fingerprint density at radius 1 is 0.263 bits per heavy atom. The molecule has 0 aliphatic rings. The lowest BCUT2D eigenvalue weighted by atomic mass is 9.93. The Morgan fingerprint density at radius 2 is 0.711 bits per heavy atom. The molecule has 12 aromatic carbocycles. The molecule has 358 valence electrons. The first kappa shape index (κ1) is 45.1. The van der Waals surface area contributed by atoms with Crippen molar-refractivity contribution < 1.29 is 0 Å². The maximum Gasteiger partial charge on any atom is 0.152 e. The number of rotatable bonds is 11. The number of aromatic nitrogens is 2. The summed E-state index contributed by atoms with van der Waals surface area (Å²) in [6, 6.07) is 113. The minimum Gasteiger partial charge on any atom is -0.309 e. The molecule has 0 radical (unpaired) electrons. The van der Waals surface area contributed by atoms with E-state index in [9.17, 15) is 0 Å². The van der Waals surface area contributed by atoms with Crippen molar-refractivity contribution in [2.24, 2.45) is 0 Å². The van der Waals surface area contributed by atoms with Gasteiger partial charge >= 0.3 is 0 Å². The normalized spacial score (nSPS) is 11.7. The van der Waals surface area contributed by atoms with Gasteiger partial charge in [-0.15, -0.1) is 0 Å². The van der Waals surface area contributed by atoms with E-state index in [-0.39, 0.29) is 0 Å². The van der Waals surface area contributed by atoms with Crippen molar-refractivity contribution in [3.05, 3.63) is 309 Å². The van der Waals surface area contributed by atoms with Gasteiger partial charge in [0.25, 0.3) is 0 Å². The van der Waals surface area contributed by atoms with Crippen LogP contribution < -0.4 is 15.6 Å². The quantitative estimate of drug-likeness (QED) is 0.0903. The van der Waals surface area contributed by atoms with Crippen LogP contribution in [-0.2, 0) is 6.04 Å². The zero-order valence-electron chi connectivity index (χ0n) is 42.0. The van der Waals surface area contributed by atoms with Crippen LogP contribution in [0.15, 0.2) is 303 Å². The summed E-state index contributed by atoms with van der Waals surface area (Å²) in [5.74, 6) is 0. The third kappa shape index (κ3) is 7.63. The highest BCUT2D eigenvalue weighted by atomic mass is 28.3. The summed E-state index contributed by atoms with van der Waals surface area (Å²) in [6.45, 7) is 0. The number of hydrogen-bond acceptors (Lipinski definition) is 0. The van der Waals surface area contributed by atoms with Gasteiger partial charge in [-0.25, -0.2) is 0 Å². The molecule has 14 rings (SSSR count). The first-order valence-corrected chi connectivity index (χ1v) is 28.6. The van der Waals surface area contributed by atoms with Crippen molar-refractivity contribution in [2.75, 3.05) is 0 Å². The van der Waals surface area contributed by atoms with Crippen LogP contribution in [0.4, 0.5) is 0 Å². The van der Waals surface area contributed by atoms with Crippen LogP contribution in [-0.4, -0.2) is 17.2 Å². The van der Waals surface area contributed by atoms with E-state index in [2.05, 4.69) is 312 Å². The Bertz CT molecular complexity index is 4370. The fourth-order valence-corrected chi connectivity index (χ4v) is 17.1. The summed E-state index contributed by atoms with van der Waals surface area (Å²) in [6.07, 6.45) is 0. The third-order valence-corrected chi connectivity index (χ3v) is 20.6. The average molecular weight is 985 g/mol. The first-order chi connectivity index (χ1) is 37.7. The second kappa shape index (κ2) is 19.1. The summed E-state index contributed by atoms with van der Waals surface area (Å²) in [4.78, 5) is 0. The number of nitrogens with zero attached hydrogens (tertiary/aromatic N) is 2. The molecule has 0 bridgehead atoms. The van der Waals surface area contributed by atoms with Crippen molar-refractivity contribution in [1.29, 1.82) is 0 Å². The Labute approximate surface area is 444 Å². The Hall–Kier alpha value is -9.54. The second-order valence-corrected chi connectivity index (χ2v) is 23.9. The Morgan fingerprint density at radius 3 is 1.37 bits per heavy atom. The lowest BCUT2D eigenvalue weighted by Gasteiger charge is -2.34.